The van der Waals surface area contributed by atoms with Gasteiger partial charge in [0.05, 0.1) is 0 Å². The SMILES string of the molecule is Cn1nccc1-c1nccc(NN)n1. The van der Waals surface area contributed by atoms with Gasteiger partial charge in [0, 0.05) is 25.5 Å². The molecular formula is C8H10N6. The van der Waals surface area contributed by atoms with E-state index < -0.39 is 0 Å². The zero-order valence-electron chi connectivity index (χ0n) is 7.68. The third-order valence-electron chi connectivity index (χ3n) is 1.85. The Hall–Kier alpha value is -1.95. The second-order valence-electron chi connectivity index (χ2n) is 2.75. The fourth-order valence-corrected chi connectivity index (χ4v) is 1.16. The lowest BCUT2D eigenvalue weighted by Crippen LogP contribution is -2.09. The van der Waals surface area contributed by atoms with Gasteiger partial charge in [0.15, 0.2) is 5.82 Å². The molecule has 0 aliphatic carbocycles. The van der Waals surface area contributed by atoms with Crippen LogP contribution in [0.15, 0.2) is 24.5 Å². The third kappa shape index (κ3) is 1.42. The van der Waals surface area contributed by atoms with Gasteiger partial charge in [-0.25, -0.2) is 15.8 Å². The Morgan fingerprint density at radius 3 is 2.86 bits per heavy atom. The molecule has 0 bridgehead atoms. The number of hydrazine groups is 1. The predicted molar refractivity (Wildman–Crippen MR) is 52.0 cm³/mol. The summed E-state index contributed by atoms with van der Waals surface area (Å²) >= 11 is 0. The molecule has 2 rings (SSSR count). The lowest BCUT2D eigenvalue weighted by Gasteiger charge is -2.02. The highest BCUT2D eigenvalue weighted by Crippen LogP contribution is 2.13. The molecule has 72 valence electrons. The minimum absolute atomic E-state index is 0.580. The van der Waals surface area contributed by atoms with Crippen LogP contribution in [-0.2, 0) is 7.05 Å². The van der Waals surface area contributed by atoms with Crippen LogP contribution in [0.4, 0.5) is 5.82 Å². The number of aryl methyl sites for hydroxylation is 1. The van der Waals surface area contributed by atoms with Gasteiger partial charge in [-0.05, 0) is 6.07 Å². The molecule has 0 radical (unpaired) electrons. The van der Waals surface area contributed by atoms with Crippen molar-refractivity contribution in [2.24, 2.45) is 12.9 Å². The average molecular weight is 190 g/mol. The lowest BCUT2D eigenvalue weighted by atomic mass is 10.4. The first-order valence-corrected chi connectivity index (χ1v) is 4.09. The number of nitrogens with two attached hydrogens (primary N) is 1. The molecule has 2 aromatic rings. The highest BCUT2D eigenvalue weighted by atomic mass is 15.3. The van der Waals surface area contributed by atoms with E-state index >= 15 is 0 Å². The van der Waals surface area contributed by atoms with E-state index in [-0.39, 0.29) is 0 Å². The van der Waals surface area contributed by atoms with Gasteiger partial charge < -0.3 is 5.43 Å². The Labute approximate surface area is 80.8 Å². The monoisotopic (exact) mass is 190 g/mol. The summed E-state index contributed by atoms with van der Waals surface area (Å²) in [6.07, 6.45) is 3.34. The number of hydrogen-bond acceptors (Lipinski definition) is 5. The van der Waals surface area contributed by atoms with Crippen LogP contribution >= 0.6 is 0 Å². The van der Waals surface area contributed by atoms with E-state index in [4.69, 9.17) is 5.84 Å². The predicted octanol–water partition coefficient (Wildman–Crippen LogP) is 0.163. The van der Waals surface area contributed by atoms with Crippen LogP contribution in [-0.4, -0.2) is 19.7 Å². The van der Waals surface area contributed by atoms with E-state index in [1.54, 1.807) is 23.1 Å². The zero-order chi connectivity index (χ0) is 9.97. The minimum atomic E-state index is 0.580. The van der Waals surface area contributed by atoms with Gasteiger partial charge in [-0.1, -0.05) is 0 Å². The van der Waals surface area contributed by atoms with Crippen molar-refractivity contribution < 1.29 is 0 Å². The number of nitrogen functional groups attached to an aromatic ring is 1. The van der Waals surface area contributed by atoms with Crippen molar-refractivity contribution in [2.45, 2.75) is 0 Å². The first-order valence-electron chi connectivity index (χ1n) is 4.09. The fraction of sp³-hybridized carbons (Fsp3) is 0.125. The molecule has 0 saturated carbocycles. The van der Waals surface area contributed by atoms with Gasteiger partial charge in [0.1, 0.15) is 11.5 Å². The molecule has 6 heteroatoms. The summed E-state index contributed by atoms with van der Waals surface area (Å²) in [5.74, 6) is 6.42. The maximum atomic E-state index is 5.25. The molecule has 0 unspecified atom stereocenters. The summed E-state index contributed by atoms with van der Waals surface area (Å²) in [4.78, 5) is 8.31. The molecule has 14 heavy (non-hydrogen) atoms. The topological polar surface area (TPSA) is 81.7 Å². The normalized spacial score (nSPS) is 10.1. The summed E-state index contributed by atoms with van der Waals surface area (Å²) in [5, 5.41) is 4.03. The molecule has 3 N–H and O–H groups in total. The molecule has 0 aromatic carbocycles. The van der Waals surface area contributed by atoms with Crippen LogP contribution < -0.4 is 11.3 Å². The average Bonchev–Trinajstić information content (AvgIpc) is 2.65. The van der Waals surface area contributed by atoms with Crippen molar-refractivity contribution in [3.63, 3.8) is 0 Å². The number of anilines is 1. The Balaban J connectivity index is 2.47. The van der Waals surface area contributed by atoms with Gasteiger partial charge in [0.2, 0.25) is 0 Å². The first kappa shape index (κ1) is 8.64. The smallest absolute Gasteiger partial charge is 0.179 e. The summed E-state index contributed by atoms with van der Waals surface area (Å²) in [6, 6.07) is 3.54. The van der Waals surface area contributed by atoms with Crippen molar-refractivity contribution in [1.82, 2.24) is 19.7 Å². The van der Waals surface area contributed by atoms with E-state index in [9.17, 15) is 0 Å². The maximum absolute atomic E-state index is 5.25. The Kier molecular flexibility index (Phi) is 2.11. The molecule has 0 amide bonds. The van der Waals surface area contributed by atoms with Crippen molar-refractivity contribution in [2.75, 3.05) is 5.43 Å². The van der Waals surface area contributed by atoms with Gasteiger partial charge in [-0.2, -0.15) is 5.10 Å². The highest BCUT2D eigenvalue weighted by molar-refractivity contribution is 5.51. The second-order valence-corrected chi connectivity index (χ2v) is 2.75. The van der Waals surface area contributed by atoms with Crippen LogP contribution in [0, 0.1) is 0 Å². The summed E-state index contributed by atoms with van der Waals surface area (Å²) < 4.78 is 1.70. The molecule has 2 aromatic heterocycles. The Morgan fingerprint density at radius 2 is 2.21 bits per heavy atom. The van der Waals surface area contributed by atoms with E-state index in [0.717, 1.165) is 5.69 Å². The standard InChI is InChI=1S/C8H10N6/c1-14-6(2-5-11-14)8-10-4-3-7(12-8)13-9/h2-5H,9H2,1H3,(H,10,12,13). The first-order chi connectivity index (χ1) is 6.81. The zero-order valence-corrected chi connectivity index (χ0v) is 7.68. The molecular weight excluding hydrogens is 180 g/mol. The van der Waals surface area contributed by atoms with Gasteiger partial charge >= 0.3 is 0 Å². The summed E-state index contributed by atoms with van der Waals surface area (Å²) in [5.41, 5.74) is 3.32. The van der Waals surface area contributed by atoms with Crippen molar-refractivity contribution in [3.8, 4) is 11.5 Å². The van der Waals surface area contributed by atoms with Crippen LogP contribution in [0.5, 0.6) is 0 Å². The quantitative estimate of drug-likeness (QED) is 0.521. The largest absolute Gasteiger partial charge is 0.308 e. The fourth-order valence-electron chi connectivity index (χ4n) is 1.16. The third-order valence-corrected chi connectivity index (χ3v) is 1.85. The molecule has 0 fully saturated rings. The van der Waals surface area contributed by atoms with Gasteiger partial charge in [-0.3, -0.25) is 4.68 Å². The lowest BCUT2D eigenvalue weighted by molar-refractivity contribution is 0.770. The Bertz CT molecular complexity index is 435. The van der Waals surface area contributed by atoms with E-state index in [1.807, 2.05) is 13.1 Å². The number of nitrogens with zero attached hydrogens (tertiary/aromatic N) is 4. The second kappa shape index (κ2) is 3.43. The number of hydrogen-bond donors (Lipinski definition) is 2. The number of rotatable bonds is 2. The molecule has 0 aliphatic heterocycles. The molecule has 0 atom stereocenters. The highest BCUT2D eigenvalue weighted by Gasteiger charge is 2.05. The van der Waals surface area contributed by atoms with Crippen LogP contribution in [0.25, 0.3) is 11.5 Å². The Morgan fingerprint density at radius 1 is 1.36 bits per heavy atom. The van der Waals surface area contributed by atoms with Crippen molar-refractivity contribution in [3.05, 3.63) is 24.5 Å². The van der Waals surface area contributed by atoms with Crippen LogP contribution in [0.2, 0.25) is 0 Å². The van der Waals surface area contributed by atoms with E-state index in [0.29, 0.717) is 11.6 Å². The summed E-state index contributed by atoms with van der Waals surface area (Å²) in [6.45, 7) is 0. The minimum Gasteiger partial charge on any atom is -0.308 e. The molecule has 6 nitrogen and oxygen atoms in total. The molecule has 0 spiro atoms. The van der Waals surface area contributed by atoms with Crippen molar-refractivity contribution >= 4 is 5.82 Å². The van der Waals surface area contributed by atoms with Gasteiger partial charge in [-0.15, -0.1) is 0 Å². The molecule has 2 heterocycles. The van der Waals surface area contributed by atoms with E-state index in [1.165, 1.54) is 0 Å². The maximum Gasteiger partial charge on any atom is 0.179 e. The van der Waals surface area contributed by atoms with Gasteiger partial charge in [0.25, 0.3) is 0 Å². The molecule has 0 saturated heterocycles. The number of aromatic nitrogens is 4. The van der Waals surface area contributed by atoms with Crippen molar-refractivity contribution in [1.29, 1.82) is 0 Å². The van der Waals surface area contributed by atoms with Crippen LogP contribution in [0.1, 0.15) is 0 Å². The van der Waals surface area contributed by atoms with E-state index in [2.05, 4.69) is 20.5 Å². The number of nitrogens with one attached hydrogen (secondary N) is 1. The summed E-state index contributed by atoms with van der Waals surface area (Å²) in [7, 11) is 1.83. The van der Waals surface area contributed by atoms with Crippen LogP contribution in [0.3, 0.4) is 0 Å². The molecule has 0 aliphatic rings.